The third kappa shape index (κ3) is 3.38. The Hall–Kier alpha value is -0.700. The van der Waals surface area contributed by atoms with E-state index in [1.807, 2.05) is 6.07 Å². The minimum absolute atomic E-state index is 0.0410. The lowest BCUT2D eigenvalue weighted by Gasteiger charge is -2.29. The highest BCUT2D eigenvalue weighted by Gasteiger charge is 2.26. The van der Waals surface area contributed by atoms with Gasteiger partial charge in [0.1, 0.15) is 0 Å². The molecule has 0 amide bonds. The lowest BCUT2D eigenvalue weighted by Crippen LogP contribution is -2.29. The molecule has 0 heterocycles. The van der Waals surface area contributed by atoms with E-state index in [1.54, 1.807) is 19.1 Å². The Balaban J connectivity index is 2.75. The monoisotopic (exact) mass is 256 g/mol. The van der Waals surface area contributed by atoms with Gasteiger partial charge in [-0.2, -0.15) is 12.6 Å². The predicted octanol–water partition coefficient (Wildman–Crippen LogP) is 4.25. The Morgan fingerprint density at radius 2 is 1.94 bits per heavy atom. The van der Waals surface area contributed by atoms with Gasteiger partial charge in [0.2, 0.25) is 0 Å². The van der Waals surface area contributed by atoms with Crippen molar-refractivity contribution in [2.24, 2.45) is 5.41 Å². The van der Waals surface area contributed by atoms with Gasteiger partial charge in [0.05, 0.1) is 6.61 Å². The molecule has 1 rings (SSSR count). The average molecular weight is 256 g/mol. The van der Waals surface area contributed by atoms with Crippen molar-refractivity contribution in [2.45, 2.75) is 33.6 Å². The van der Waals surface area contributed by atoms with E-state index in [1.165, 1.54) is 0 Å². The normalized spacial score (nSPS) is 11.6. The molecular formula is C14H21FOS. The molecule has 0 saturated heterocycles. The minimum Gasteiger partial charge on any atom is -0.490 e. The molecule has 0 aliphatic heterocycles. The highest BCUT2D eigenvalue weighted by atomic mass is 32.1. The summed E-state index contributed by atoms with van der Waals surface area (Å²) in [6.07, 6.45) is 1.97. The minimum atomic E-state index is -0.257. The summed E-state index contributed by atoms with van der Waals surface area (Å²) < 4.78 is 19.4. The fraction of sp³-hybridized carbons (Fsp3) is 0.571. The topological polar surface area (TPSA) is 9.23 Å². The summed E-state index contributed by atoms with van der Waals surface area (Å²) in [5, 5.41) is 0. The van der Waals surface area contributed by atoms with Crippen molar-refractivity contribution in [3.8, 4) is 5.75 Å². The number of rotatable bonds is 6. The highest BCUT2D eigenvalue weighted by molar-refractivity contribution is 7.80. The van der Waals surface area contributed by atoms with Crippen LogP contribution in [0, 0.1) is 18.2 Å². The van der Waals surface area contributed by atoms with E-state index in [4.69, 9.17) is 4.74 Å². The third-order valence-electron chi connectivity index (χ3n) is 3.53. The fourth-order valence-corrected chi connectivity index (χ4v) is 2.22. The molecule has 17 heavy (non-hydrogen) atoms. The summed E-state index contributed by atoms with van der Waals surface area (Å²) in [6.45, 7) is 6.50. The maximum atomic E-state index is 13.7. The van der Waals surface area contributed by atoms with Crippen molar-refractivity contribution in [3.05, 3.63) is 29.6 Å². The zero-order valence-electron chi connectivity index (χ0n) is 10.8. The first-order valence-corrected chi connectivity index (χ1v) is 6.70. The Morgan fingerprint density at radius 3 is 2.47 bits per heavy atom. The first kappa shape index (κ1) is 14.4. The zero-order chi connectivity index (χ0) is 12.9. The molecule has 0 fully saturated rings. The van der Waals surface area contributed by atoms with Crippen molar-refractivity contribution in [1.29, 1.82) is 0 Å². The van der Waals surface area contributed by atoms with Crippen molar-refractivity contribution in [3.63, 3.8) is 0 Å². The highest BCUT2D eigenvalue weighted by Crippen LogP contribution is 2.30. The molecule has 96 valence electrons. The third-order valence-corrected chi connectivity index (χ3v) is 4.20. The Morgan fingerprint density at radius 1 is 1.29 bits per heavy atom. The van der Waals surface area contributed by atoms with E-state index < -0.39 is 0 Å². The van der Waals surface area contributed by atoms with Gasteiger partial charge in [0.15, 0.2) is 11.6 Å². The Bertz CT molecular complexity index is 353. The number of benzene rings is 1. The van der Waals surface area contributed by atoms with Crippen LogP contribution in [0.1, 0.15) is 32.3 Å². The van der Waals surface area contributed by atoms with Gasteiger partial charge in [0.25, 0.3) is 0 Å². The van der Waals surface area contributed by atoms with Crippen LogP contribution in [0.2, 0.25) is 0 Å². The number of thiol groups is 1. The molecule has 0 aromatic heterocycles. The quantitative estimate of drug-likeness (QED) is 0.749. The average Bonchev–Trinajstić information content (AvgIpc) is 2.36. The summed E-state index contributed by atoms with van der Waals surface area (Å²) >= 11 is 4.38. The second-order valence-electron chi connectivity index (χ2n) is 4.54. The van der Waals surface area contributed by atoms with Crippen molar-refractivity contribution < 1.29 is 9.13 Å². The van der Waals surface area contributed by atoms with Crippen LogP contribution in [0.4, 0.5) is 4.39 Å². The molecule has 0 aliphatic carbocycles. The smallest absolute Gasteiger partial charge is 0.167 e. The van der Waals surface area contributed by atoms with Crippen LogP contribution in [0.15, 0.2) is 18.2 Å². The molecule has 1 aromatic rings. The Labute approximate surface area is 109 Å². The molecule has 0 aliphatic rings. The standard InChI is InChI=1S/C14H21FOS/c1-4-14(5-2,10-17)9-16-12-8-6-7-11(3)13(12)15/h6-8,17H,4-5,9-10H2,1-3H3. The number of hydrogen-bond donors (Lipinski definition) is 1. The van der Waals surface area contributed by atoms with Crippen LogP contribution >= 0.6 is 12.6 Å². The molecule has 1 nitrogen and oxygen atoms in total. The van der Waals surface area contributed by atoms with Gasteiger partial charge in [-0.15, -0.1) is 0 Å². The number of halogens is 1. The largest absolute Gasteiger partial charge is 0.490 e. The maximum Gasteiger partial charge on any atom is 0.167 e. The second-order valence-corrected chi connectivity index (χ2v) is 4.86. The van der Waals surface area contributed by atoms with Gasteiger partial charge in [-0.25, -0.2) is 4.39 Å². The van der Waals surface area contributed by atoms with Crippen molar-refractivity contribution in [2.75, 3.05) is 12.4 Å². The molecule has 3 heteroatoms. The summed E-state index contributed by atoms with van der Waals surface area (Å²) in [7, 11) is 0. The van der Waals surface area contributed by atoms with E-state index >= 15 is 0 Å². The van der Waals surface area contributed by atoms with E-state index in [0.717, 1.165) is 18.6 Å². The van der Waals surface area contributed by atoms with E-state index in [-0.39, 0.29) is 11.2 Å². The van der Waals surface area contributed by atoms with Crippen LogP contribution in [0.5, 0.6) is 5.75 Å². The first-order valence-electron chi connectivity index (χ1n) is 6.07. The summed E-state index contributed by atoms with van der Waals surface area (Å²) in [5.41, 5.74) is 0.659. The zero-order valence-corrected chi connectivity index (χ0v) is 11.7. The molecule has 0 saturated carbocycles. The predicted molar refractivity (Wildman–Crippen MR) is 73.5 cm³/mol. The number of ether oxygens (including phenoxy) is 1. The number of hydrogen-bond acceptors (Lipinski definition) is 2. The number of aryl methyl sites for hydroxylation is 1. The lowest BCUT2D eigenvalue weighted by molar-refractivity contribution is 0.152. The first-order chi connectivity index (χ1) is 8.08. The van der Waals surface area contributed by atoms with Gasteiger partial charge in [-0.3, -0.25) is 0 Å². The molecule has 1 aromatic carbocycles. The van der Waals surface area contributed by atoms with Gasteiger partial charge in [0, 0.05) is 5.41 Å². The molecule has 0 radical (unpaired) electrons. The molecule has 0 spiro atoms. The van der Waals surface area contributed by atoms with E-state index in [9.17, 15) is 4.39 Å². The molecule has 0 unspecified atom stereocenters. The molecule has 0 N–H and O–H groups in total. The van der Waals surface area contributed by atoms with Crippen molar-refractivity contribution >= 4 is 12.6 Å². The summed E-state index contributed by atoms with van der Waals surface area (Å²) in [4.78, 5) is 0. The van der Waals surface area contributed by atoms with Gasteiger partial charge >= 0.3 is 0 Å². The van der Waals surface area contributed by atoms with E-state index in [2.05, 4.69) is 26.5 Å². The second kappa shape index (κ2) is 6.29. The summed E-state index contributed by atoms with van der Waals surface area (Å²) in [6, 6.07) is 5.23. The SMILES string of the molecule is CCC(CC)(CS)COc1cccc(C)c1F. The molecule has 0 atom stereocenters. The van der Waals surface area contributed by atoms with Crippen LogP contribution in [0.3, 0.4) is 0 Å². The fourth-order valence-electron chi connectivity index (χ4n) is 1.69. The molecular weight excluding hydrogens is 235 g/mol. The van der Waals surface area contributed by atoms with Crippen LogP contribution < -0.4 is 4.74 Å². The van der Waals surface area contributed by atoms with Crippen LogP contribution in [0.25, 0.3) is 0 Å². The van der Waals surface area contributed by atoms with E-state index in [0.29, 0.717) is 17.9 Å². The maximum absolute atomic E-state index is 13.7. The van der Waals surface area contributed by atoms with Gasteiger partial charge in [-0.1, -0.05) is 26.0 Å². The van der Waals surface area contributed by atoms with Gasteiger partial charge in [-0.05, 0) is 37.1 Å². The molecule has 0 bridgehead atoms. The van der Waals surface area contributed by atoms with Crippen LogP contribution in [-0.2, 0) is 0 Å². The Kier molecular flexibility index (Phi) is 5.31. The lowest BCUT2D eigenvalue weighted by atomic mass is 9.85. The van der Waals surface area contributed by atoms with Crippen LogP contribution in [-0.4, -0.2) is 12.4 Å². The summed E-state index contributed by atoms with van der Waals surface area (Å²) in [5.74, 6) is 0.846. The van der Waals surface area contributed by atoms with Crippen molar-refractivity contribution in [1.82, 2.24) is 0 Å². The van der Waals surface area contributed by atoms with Gasteiger partial charge < -0.3 is 4.74 Å².